The summed E-state index contributed by atoms with van der Waals surface area (Å²) in [6.07, 6.45) is 7.14. The van der Waals surface area contributed by atoms with Crippen molar-refractivity contribution in [1.82, 2.24) is 19.2 Å². The molecule has 2 aliphatic heterocycles. The van der Waals surface area contributed by atoms with Crippen molar-refractivity contribution in [3.63, 3.8) is 0 Å². The number of nitrogens with one attached hydrogen (secondary N) is 1. The van der Waals surface area contributed by atoms with Crippen molar-refractivity contribution < 1.29 is 9.59 Å². The van der Waals surface area contributed by atoms with E-state index in [0.717, 1.165) is 64.2 Å². The number of anilines is 4. The average molecular weight is 608 g/mol. The van der Waals surface area contributed by atoms with E-state index in [9.17, 15) is 9.59 Å². The van der Waals surface area contributed by atoms with E-state index in [1.165, 1.54) is 11.8 Å². The van der Waals surface area contributed by atoms with Gasteiger partial charge in [-0.15, -0.1) is 0 Å². The van der Waals surface area contributed by atoms with Crippen molar-refractivity contribution in [2.45, 2.75) is 52.0 Å². The molecule has 1 aromatic carbocycles. The number of hydrogen-bond acceptors (Lipinski definition) is 10. The molecule has 3 heterocycles. The number of primary amides is 1. The molecule has 11 nitrogen and oxygen atoms in total. The number of nitrogens with two attached hydrogens (primary N) is 1. The van der Waals surface area contributed by atoms with E-state index in [-0.39, 0.29) is 11.6 Å². The number of carbonyl (C=O) groups excluding carboxylic acids is 2. The fraction of sp³-hybridized carbons (Fsp3) is 0.516. The van der Waals surface area contributed by atoms with Gasteiger partial charge in [0.1, 0.15) is 0 Å². The lowest BCUT2D eigenvalue weighted by atomic mass is 10.0. The van der Waals surface area contributed by atoms with Crippen LogP contribution >= 0.6 is 12.8 Å². The van der Waals surface area contributed by atoms with Gasteiger partial charge >= 0.3 is 0 Å². The molecule has 0 radical (unpaired) electrons. The summed E-state index contributed by atoms with van der Waals surface area (Å²) >= 11 is 4.48. The highest BCUT2D eigenvalue weighted by Crippen LogP contribution is 2.28. The number of carbonyl (C=O) groups is 2. The largest absolute Gasteiger partial charge is 0.371 e. The monoisotopic (exact) mass is 607 g/mol. The Bertz CT molecular complexity index is 1270. The Morgan fingerprint density at radius 3 is 2.42 bits per heavy atom. The molecule has 2 amide bonds. The van der Waals surface area contributed by atoms with Crippen molar-refractivity contribution in [1.29, 1.82) is 0 Å². The number of nitrogens with zero attached hydrogens (tertiary/aromatic N) is 7. The molecule has 43 heavy (non-hydrogen) atoms. The molecule has 1 aromatic heterocycles. The van der Waals surface area contributed by atoms with E-state index in [0.29, 0.717) is 49.3 Å². The number of aryl methyl sites for hydroxylation is 1. The summed E-state index contributed by atoms with van der Waals surface area (Å²) in [4.78, 5) is 44.2. The van der Waals surface area contributed by atoms with E-state index in [1.807, 2.05) is 19.1 Å². The van der Waals surface area contributed by atoms with Crippen LogP contribution in [0.2, 0.25) is 0 Å². The van der Waals surface area contributed by atoms with Crippen LogP contribution in [0.4, 0.5) is 23.0 Å². The van der Waals surface area contributed by atoms with Crippen molar-refractivity contribution in [3.8, 4) is 0 Å². The molecule has 0 bridgehead atoms. The average Bonchev–Trinajstić information content (AvgIpc) is 3.03. The molecular formula is C31H45N9O2S. The molecule has 0 unspecified atom stereocenters. The summed E-state index contributed by atoms with van der Waals surface area (Å²) in [5.41, 5.74) is 8.56. The number of amides is 2. The summed E-state index contributed by atoms with van der Waals surface area (Å²) in [6.45, 7) is 15.1. The summed E-state index contributed by atoms with van der Waals surface area (Å²) in [6, 6.07) is 8.88. The first-order valence-corrected chi connectivity index (χ1v) is 15.7. The second-order valence-electron chi connectivity index (χ2n) is 10.9. The number of rotatable bonds is 13. The zero-order valence-corrected chi connectivity index (χ0v) is 26.3. The van der Waals surface area contributed by atoms with E-state index < -0.39 is 5.91 Å². The van der Waals surface area contributed by atoms with Crippen LogP contribution in [0.25, 0.3) is 0 Å². The molecular weight excluding hydrogens is 562 g/mol. The Morgan fingerprint density at radius 2 is 1.81 bits per heavy atom. The van der Waals surface area contributed by atoms with Gasteiger partial charge in [0, 0.05) is 76.0 Å². The van der Waals surface area contributed by atoms with Crippen LogP contribution in [0.1, 0.15) is 55.7 Å². The smallest absolute Gasteiger partial charge is 0.271 e. The fourth-order valence-corrected chi connectivity index (χ4v) is 5.84. The van der Waals surface area contributed by atoms with E-state index in [1.54, 1.807) is 6.21 Å². The fourth-order valence-electron chi connectivity index (χ4n) is 5.66. The first kappa shape index (κ1) is 32.4. The molecule has 2 aromatic rings. The third kappa shape index (κ3) is 8.77. The minimum absolute atomic E-state index is 0.122. The minimum atomic E-state index is -0.627. The Balaban J connectivity index is 1.42. The molecule has 2 saturated heterocycles. The van der Waals surface area contributed by atoms with Gasteiger partial charge in [0.2, 0.25) is 0 Å². The molecule has 0 aliphatic carbocycles. The van der Waals surface area contributed by atoms with Crippen molar-refractivity contribution in [3.05, 3.63) is 48.3 Å². The second-order valence-corrected chi connectivity index (χ2v) is 11.4. The predicted molar refractivity (Wildman–Crippen MR) is 178 cm³/mol. The van der Waals surface area contributed by atoms with Gasteiger partial charge in [-0.25, -0.2) is 15.0 Å². The first-order valence-electron chi connectivity index (χ1n) is 15.3. The van der Waals surface area contributed by atoms with Gasteiger partial charge in [-0.2, -0.15) is 0 Å². The van der Waals surface area contributed by atoms with E-state index >= 15 is 0 Å². The van der Waals surface area contributed by atoms with Crippen molar-refractivity contribution in [2.75, 3.05) is 67.5 Å². The number of piperazine rings is 1. The molecule has 0 spiro atoms. The second kappa shape index (κ2) is 15.8. The molecule has 0 saturated carbocycles. The molecule has 0 atom stereocenters. The van der Waals surface area contributed by atoms with Crippen LogP contribution in [0.5, 0.6) is 0 Å². The lowest BCUT2D eigenvalue weighted by molar-refractivity contribution is -0.113. The molecule has 4 rings (SSSR count). The Hall–Kier alpha value is -3.48. The third-order valence-electron chi connectivity index (χ3n) is 8.12. The van der Waals surface area contributed by atoms with Crippen LogP contribution in [-0.2, 0) is 11.2 Å². The lowest BCUT2D eigenvalue weighted by Gasteiger charge is -2.42. The molecule has 2 aliphatic rings. The summed E-state index contributed by atoms with van der Waals surface area (Å²) in [5.74, 6) is 0.0801. The third-order valence-corrected chi connectivity index (χ3v) is 8.52. The van der Waals surface area contributed by atoms with E-state index in [4.69, 9.17) is 10.7 Å². The maximum Gasteiger partial charge on any atom is 0.271 e. The number of aromatic nitrogens is 2. The number of thiol groups is 1. The zero-order chi connectivity index (χ0) is 30.8. The number of benzene rings is 1. The molecule has 3 N–H and O–H groups in total. The number of hydrogen-bond donors (Lipinski definition) is 3. The number of unbranched alkanes of at least 4 members (excludes halogenated alkanes) is 1. The van der Waals surface area contributed by atoms with Crippen molar-refractivity contribution in [2.24, 2.45) is 10.7 Å². The van der Waals surface area contributed by atoms with Gasteiger partial charge in [0.15, 0.2) is 17.3 Å². The normalized spacial score (nSPS) is 16.9. The molecule has 2 fully saturated rings. The van der Waals surface area contributed by atoms with Gasteiger partial charge in [0.25, 0.3) is 11.8 Å². The Morgan fingerprint density at radius 1 is 1.12 bits per heavy atom. The van der Waals surface area contributed by atoms with Crippen LogP contribution in [-0.4, -0.2) is 95.6 Å². The van der Waals surface area contributed by atoms with Crippen molar-refractivity contribution >= 4 is 53.9 Å². The van der Waals surface area contributed by atoms with Gasteiger partial charge in [-0.1, -0.05) is 26.3 Å². The quantitative estimate of drug-likeness (QED) is 0.135. The first-order chi connectivity index (χ1) is 20.8. The Kier molecular flexibility index (Phi) is 11.9. The predicted octanol–water partition coefficient (Wildman–Crippen LogP) is 3.70. The van der Waals surface area contributed by atoms with Gasteiger partial charge in [0.05, 0.1) is 5.69 Å². The highest BCUT2D eigenvalue weighted by Gasteiger charge is 2.27. The molecule has 232 valence electrons. The van der Waals surface area contributed by atoms with Crippen LogP contribution < -0.4 is 20.9 Å². The summed E-state index contributed by atoms with van der Waals surface area (Å²) in [5, 5.41) is 3.30. The Labute approximate surface area is 260 Å². The number of aliphatic imine (C=N–C) groups is 1. The SMILES string of the molecule is C=CC(=O)N=CCCCN(CC)c1nc(Nc2ccc(N3CCC(N4CCN(S)CC4)CC3)cc2)c(C(N)=O)nc1CC. The van der Waals surface area contributed by atoms with Gasteiger partial charge < -0.3 is 20.9 Å². The minimum Gasteiger partial charge on any atom is -0.371 e. The van der Waals surface area contributed by atoms with Gasteiger partial charge in [-0.3, -0.25) is 18.8 Å². The van der Waals surface area contributed by atoms with Crippen LogP contribution in [0.15, 0.2) is 41.9 Å². The maximum atomic E-state index is 12.4. The lowest BCUT2D eigenvalue weighted by Crippen LogP contribution is -2.51. The standard InChI is InChI=1S/C31H45N9O2S/c1-4-26-31(37(6-3)16-8-7-15-33-27(41)5-2)36-30(28(35-26)29(32)42)34-23-9-11-24(12-10-23)38-17-13-25(14-18-38)39-19-21-40(43)22-20-39/h5,9-12,15,25,43H,2,4,6-8,13-14,16-22H2,1,3H3,(H2,32,42)(H,34,36). The topological polar surface area (TPSA) is 123 Å². The summed E-state index contributed by atoms with van der Waals surface area (Å²) < 4.78 is 2.10. The highest BCUT2D eigenvalue weighted by atomic mass is 32.1. The van der Waals surface area contributed by atoms with E-state index in [2.05, 4.69) is 72.7 Å². The van der Waals surface area contributed by atoms with Crippen LogP contribution in [0.3, 0.4) is 0 Å². The highest BCUT2D eigenvalue weighted by molar-refractivity contribution is 7.77. The molecule has 12 heteroatoms. The van der Waals surface area contributed by atoms with Gasteiger partial charge in [-0.05, 0) is 69.4 Å². The zero-order valence-electron chi connectivity index (χ0n) is 25.4. The number of piperidine rings is 1. The maximum absolute atomic E-state index is 12.4. The summed E-state index contributed by atoms with van der Waals surface area (Å²) in [7, 11) is 0. The van der Waals surface area contributed by atoms with Crippen LogP contribution in [0, 0.1) is 0 Å².